The first kappa shape index (κ1) is 19.8. The van der Waals surface area contributed by atoms with Gasteiger partial charge in [0.25, 0.3) is 5.91 Å². The molecular weight excluding hydrogens is 370 g/mol. The van der Waals surface area contributed by atoms with Crippen molar-refractivity contribution in [2.75, 3.05) is 11.9 Å². The molecule has 28 heavy (non-hydrogen) atoms. The zero-order valence-electron chi connectivity index (χ0n) is 16.5. The fraction of sp³-hybridized carbons (Fsp3) is 0.217. The second kappa shape index (κ2) is 8.40. The van der Waals surface area contributed by atoms with Gasteiger partial charge in [0.15, 0.2) is 0 Å². The molecule has 0 atom stereocenters. The van der Waals surface area contributed by atoms with Crippen molar-refractivity contribution in [3.63, 3.8) is 0 Å². The molecular formula is C23H23NO3S. The third-order valence-electron chi connectivity index (χ3n) is 4.63. The predicted octanol–water partition coefficient (Wildman–Crippen LogP) is 5.77. The van der Waals surface area contributed by atoms with E-state index in [2.05, 4.69) is 5.32 Å². The van der Waals surface area contributed by atoms with Crippen LogP contribution in [0.1, 0.15) is 44.3 Å². The van der Waals surface area contributed by atoms with E-state index in [0.717, 1.165) is 22.3 Å². The van der Waals surface area contributed by atoms with Crippen molar-refractivity contribution >= 4 is 28.2 Å². The minimum absolute atomic E-state index is 0.251. The molecule has 0 bridgehead atoms. The lowest BCUT2D eigenvalue weighted by Crippen LogP contribution is -2.14. The summed E-state index contributed by atoms with van der Waals surface area (Å²) in [6.07, 6.45) is 0. The van der Waals surface area contributed by atoms with Crippen LogP contribution in [-0.2, 0) is 4.74 Å². The number of nitrogens with one attached hydrogen (secondary N) is 1. The van der Waals surface area contributed by atoms with Crippen molar-refractivity contribution in [1.29, 1.82) is 0 Å². The first-order valence-corrected chi connectivity index (χ1v) is 10.0. The van der Waals surface area contributed by atoms with E-state index in [9.17, 15) is 9.59 Å². The maximum Gasteiger partial charge on any atom is 0.341 e. The van der Waals surface area contributed by atoms with Gasteiger partial charge in [-0.2, -0.15) is 0 Å². The number of carbonyl (C=O) groups excluding carboxylic acids is 2. The van der Waals surface area contributed by atoms with Gasteiger partial charge in [0.1, 0.15) is 10.6 Å². The van der Waals surface area contributed by atoms with E-state index in [4.69, 9.17) is 4.74 Å². The summed E-state index contributed by atoms with van der Waals surface area (Å²) in [5, 5.41) is 5.27. The summed E-state index contributed by atoms with van der Waals surface area (Å²) in [5.41, 5.74) is 6.05. The van der Waals surface area contributed by atoms with Crippen molar-refractivity contribution < 1.29 is 14.3 Å². The van der Waals surface area contributed by atoms with E-state index in [1.807, 2.05) is 56.5 Å². The summed E-state index contributed by atoms with van der Waals surface area (Å²) in [4.78, 5) is 25.3. The second-order valence-electron chi connectivity index (χ2n) is 6.69. The van der Waals surface area contributed by atoms with Gasteiger partial charge < -0.3 is 10.1 Å². The standard InChI is InChI=1S/C23H23NO3S/c1-5-27-23(26)20-19(18-11-8-15(3)16(4)12-18)13-28-22(20)24-21(25)17-9-6-14(2)7-10-17/h6-13H,5H2,1-4H3,(H,24,25). The molecule has 144 valence electrons. The van der Waals surface area contributed by atoms with Gasteiger partial charge in [-0.3, -0.25) is 4.79 Å². The van der Waals surface area contributed by atoms with Crippen LogP contribution < -0.4 is 5.32 Å². The molecule has 1 amide bonds. The predicted molar refractivity (Wildman–Crippen MR) is 114 cm³/mol. The summed E-state index contributed by atoms with van der Waals surface area (Å²) in [6, 6.07) is 13.4. The molecule has 2 aromatic carbocycles. The number of esters is 1. The minimum Gasteiger partial charge on any atom is -0.462 e. The van der Waals surface area contributed by atoms with E-state index >= 15 is 0 Å². The lowest BCUT2D eigenvalue weighted by molar-refractivity contribution is 0.0529. The summed E-state index contributed by atoms with van der Waals surface area (Å²) < 4.78 is 5.26. The Labute approximate surface area is 169 Å². The van der Waals surface area contributed by atoms with Gasteiger partial charge in [-0.05, 0) is 56.5 Å². The summed E-state index contributed by atoms with van der Waals surface area (Å²) in [5.74, 6) is -0.685. The Morgan fingerprint density at radius 2 is 1.71 bits per heavy atom. The van der Waals surface area contributed by atoms with Crippen molar-refractivity contribution in [3.05, 3.63) is 75.7 Å². The van der Waals surface area contributed by atoms with Crippen LogP contribution in [0.15, 0.2) is 47.8 Å². The number of ether oxygens (including phenoxy) is 1. The number of benzene rings is 2. The van der Waals surface area contributed by atoms with Crippen LogP contribution in [0.25, 0.3) is 11.1 Å². The Kier molecular flexibility index (Phi) is 5.95. The number of rotatable bonds is 5. The van der Waals surface area contributed by atoms with E-state index in [1.54, 1.807) is 19.1 Å². The SMILES string of the molecule is CCOC(=O)c1c(-c2ccc(C)c(C)c2)csc1NC(=O)c1ccc(C)cc1. The second-order valence-corrected chi connectivity index (χ2v) is 7.57. The lowest BCUT2D eigenvalue weighted by Gasteiger charge is -2.10. The molecule has 1 heterocycles. The van der Waals surface area contributed by atoms with Crippen molar-refractivity contribution in [3.8, 4) is 11.1 Å². The molecule has 0 aliphatic heterocycles. The first-order chi connectivity index (χ1) is 13.4. The lowest BCUT2D eigenvalue weighted by atomic mass is 9.99. The number of carbonyl (C=O) groups is 2. The molecule has 3 rings (SSSR count). The minimum atomic E-state index is -0.434. The number of aryl methyl sites for hydroxylation is 3. The van der Waals surface area contributed by atoms with Crippen LogP contribution in [0.4, 0.5) is 5.00 Å². The van der Waals surface area contributed by atoms with Crippen molar-refractivity contribution in [2.45, 2.75) is 27.7 Å². The van der Waals surface area contributed by atoms with Crippen LogP contribution in [-0.4, -0.2) is 18.5 Å². The quantitative estimate of drug-likeness (QED) is 0.560. The van der Waals surface area contributed by atoms with Gasteiger partial charge in [-0.25, -0.2) is 4.79 Å². The van der Waals surface area contributed by atoms with Crippen molar-refractivity contribution in [2.24, 2.45) is 0 Å². The highest BCUT2D eigenvalue weighted by molar-refractivity contribution is 7.15. The molecule has 0 unspecified atom stereocenters. The monoisotopic (exact) mass is 393 g/mol. The summed E-state index contributed by atoms with van der Waals surface area (Å²) >= 11 is 1.33. The van der Waals surface area contributed by atoms with Gasteiger partial charge in [-0.15, -0.1) is 11.3 Å². The summed E-state index contributed by atoms with van der Waals surface area (Å²) in [6.45, 7) is 8.09. The van der Waals surface area contributed by atoms with Gasteiger partial charge >= 0.3 is 5.97 Å². The Hall–Kier alpha value is -2.92. The van der Waals surface area contributed by atoms with Crippen LogP contribution >= 0.6 is 11.3 Å². The molecule has 1 aromatic heterocycles. The fourth-order valence-electron chi connectivity index (χ4n) is 2.86. The van der Waals surface area contributed by atoms with Crippen molar-refractivity contribution in [1.82, 2.24) is 0 Å². The average Bonchev–Trinajstić information content (AvgIpc) is 3.08. The van der Waals surface area contributed by atoms with Crippen LogP contribution in [0.5, 0.6) is 0 Å². The van der Waals surface area contributed by atoms with Crippen LogP contribution in [0.3, 0.4) is 0 Å². The molecule has 0 radical (unpaired) electrons. The van der Waals surface area contributed by atoms with Gasteiger partial charge in [0.05, 0.1) is 6.61 Å². The normalized spacial score (nSPS) is 10.6. The van der Waals surface area contributed by atoms with E-state index < -0.39 is 5.97 Å². The molecule has 4 nitrogen and oxygen atoms in total. The third kappa shape index (κ3) is 4.15. The maximum absolute atomic E-state index is 12.7. The zero-order chi connectivity index (χ0) is 20.3. The molecule has 3 aromatic rings. The number of amides is 1. The average molecular weight is 394 g/mol. The number of hydrogen-bond acceptors (Lipinski definition) is 4. The highest BCUT2D eigenvalue weighted by Gasteiger charge is 2.23. The molecule has 0 aliphatic carbocycles. The topological polar surface area (TPSA) is 55.4 Å². The Morgan fingerprint density at radius 3 is 2.36 bits per heavy atom. The molecule has 0 spiro atoms. The highest BCUT2D eigenvalue weighted by atomic mass is 32.1. The molecule has 0 saturated carbocycles. The molecule has 5 heteroatoms. The fourth-order valence-corrected chi connectivity index (χ4v) is 3.81. The Bertz CT molecular complexity index is 1020. The smallest absolute Gasteiger partial charge is 0.341 e. The molecule has 0 aliphatic rings. The van der Waals surface area contributed by atoms with Gasteiger partial charge in [0, 0.05) is 16.5 Å². The zero-order valence-corrected chi connectivity index (χ0v) is 17.3. The third-order valence-corrected chi connectivity index (χ3v) is 5.52. The highest BCUT2D eigenvalue weighted by Crippen LogP contribution is 2.37. The van der Waals surface area contributed by atoms with Gasteiger partial charge in [-0.1, -0.05) is 35.9 Å². The first-order valence-electron chi connectivity index (χ1n) is 9.15. The largest absolute Gasteiger partial charge is 0.462 e. The van der Waals surface area contributed by atoms with Gasteiger partial charge in [0.2, 0.25) is 0 Å². The van der Waals surface area contributed by atoms with E-state index in [0.29, 0.717) is 16.1 Å². The van der Waals surface area contributed by atoms with Crippen LogP contribution in [0, 0.1) is 20.8 Å². The summed E-state index contributed by atoms with van der Waals surface area (Å²) in [7, 11) is 0. The number of anilines is 1. The number of hydrogen-bond donors (Lipinski definition) is 1. The Morgan fingerprint density at radius 1 is 1.00 bits per heavy atom. The molecule has 1 N–H and O–H groups in total. The molecule has 0 saturated heterocycles. The number of thiophene rings is 1. The molecule has 0 fully saturated rings. The maximum atomic E-state index is 12.7. The Balaban J connectivity index is 2.00. The van der Waals surface area contributed by atoms with E-state index in [-0.39, 0.29) is 12.5 Å². The van der Waals surface area contributed by atoms with E-state index in [1.165, 1.54) is 16.9 Å². The van der Waals surface area contributed by atoms with Crippen LogP contribution in [0.2, 0.25) is 0 Å².